The van der Waals surface area contributed by atoms with Crippen molar-refractivity contribution in [1.82, 2.24) is 19.5 Å². The van der Waals surface area contributed by atoms with Crippen LogP contribution in [0.1, 0.15) is 12.5 Å². The number of rotatable bonds is 4. The molecule has 8 nitrogen and oxygen atoms in total. The van der Waals surface area contributed by atoms with Gasteiger partial charge in [-0.3, -0.25) is 0 Å². The van der Waals surface area contributed by atoms with E-state index in [0.717, 1.165) is 0 Å². The number of nitrogens with one attached hydrogen (secondary N) is 1. The molecule has 2 heterocycles. The predicted molar refractivity (Wildman–Crippen MR) is 85.3 cm³/mol. The monoisotopic (exact) mass is 337 g/mol. The first-order valence-electron chi connectivity index (χ1n) is 7.50. The summed E-state index contributed by atoms with van der Waals surface area (Å²) in [4.78, 5) is 13.3. The molecule has 2 saturated carbocycles. The van der Waals surface area contributed by atoms with Crippen LogP contribution in [0.25, 0.3) is 11.2 Å². The van der Waals surface area contributed by atoms with E-state index in [1.54, 1.807) is 13.4 Å². The molecule has 2 aliphatic carbocycles. The second kappa shape index (κ2) is 5.04. The highest BCUT2D eigenvalue weighted by Crippen LogP contribution is 2.67. The van der Waals surface area contributed by atoms with Crippen LogP contribution in [0.3, 0.4) is 0 Å². The number of aromatic nitrogens is 4. The van der Waals surface area contributed by atoms with Crippen LogP contribution in [-0.4, -0.2) is 67.0 Å². The van der Waals surface area contributed by atoms with Gasteiger partial charge in [-0.25, -0.2) is 15.0 Å². The molecule has 2 aromatic heterocycles. The lowest BCUT2D eigenvalue weighted by molar-refractivity contribution is -0.0300. The number of hydrogen-bond acceptors (Lipinski definition) is 8. The van der Waals surface area contributed by atoms with Crippen molar-refractivity contribution in [3.8, 4) is 0 Å². The van der Waals surface area contributed by atoms with Crippen molar-refractivity contribution >= 4 is 28.7 Å². The molecular weight excluding hydrogens is 318 g/mol. The number of aliphatic hydroxyl groups excluding tert-OH is 3. The molecule has 5 unspecified atom stereocenters. The van der Waals surface area contributed by atoms with Crippen LogP contribution in [0.2, 0.25) is 0 Å². The van der Waals surface area contributed by atoms with Gasteiger partial charge in [0.05, 0.1) is 25.1 Å². The van der Waals surface area contributed by atoms with Gasteiger partial charge in [0, 0.05) is 12.5 Å². The third-order valence-corrected chi connectivity index (χ3v) is 5.84. The summed E-state index contributed by atoms with van der Waals surface area (Å²) in [5.74, 6) is 0.663. The molecule has 124 valence electrons. The maximum atomic E-state index is 10.5. The summed E-state index contributed by atoms with van der Waals surface area (Å²) >= 11 is 1.43. The Kier molecular flexibility index (Phi) is 3.31. The van der Waals surface area contributed by atoms with Crippen LogP contribution >= 0.6 is 11.8 Å². The molecule has 0 saturated heterocycles. The number of hydrogen-bond donors (Lipinski definition) is 4. The topological polar surface area (TPSA) is 116 Å². The Bertz CT molecular complexity index is 768. The highest BCUT2D eigenvalue weighted by Gasteiger charge is 2.71. The van der Waals surface area contributed by atoms with Crippen LogP contribution in [-0.2, 0) is 0 Å². The zero-order valence-corrected chi connectivity index (χ0v) is 13.7. The minimum absolute atomic E-state index is 0.0284. The molecule has 2 aromatic rings. The summed E-state index contributed by atoms with van der Waals surface area (Å²) in [6.07, 6.45) is 2.37. The van der Waals surface area contributed by atoms with Crippen molar-refractivity contribution in [3.63, 3.8) is 0 Å². The Labute approximate surface area is 137 Å². The smallest absolute Gasteiger partial charge is 0.191 e. The lowest BCUT2D eigenvalue weighted by Gasteiger charge is -2.23. The van der Waals surface area contributed by atoms with E-state index in [4.69, 9.17) is 0 Å². The molecule has 23 heavy (non-hydrogen) atoms. The predicted octanol–water partition coefficient (Wildman–Crippen LogP) is -0.135. The number of anilines is 1. The molecule has 2 fully saturated rings. The molecular formula is C14H19N5O3S. The Morgan fingerprint density at radius 2 is 2.22 bits per heavy atom. The molecule has 9 heteroatoms. The molecule has 2 aliphatic rings. The summed E-state index contributed by atoms with van der Waals surface area (Å²) in [5.41, 5.74) is 0.682. The second-order valence-corrected chi connectivity index (χ2v) is 7.03. The SMILES string of the molecule is CNc1nc(SC)nc2c1ncn2C1C(O)C(O)C2(CO)CC12. The fraction of sp³-hybridized carbons (Fsp3) is 0.643. The average Bonchev–Trinajstić information content (AvgIpc) is 3.10. The van der Waals surface area contributed by atoms with Gasteiger partial charge in [0.1, 0.15) is 6.10 Å². The van der Waals surface area contributed by atoms with Crippen LogP contribution < -0.4 is 5.32 Å². The van der Waals surface area contributed by atoms with Crippen molar-refractivity contribution in [1.29, 1.82) is 0 Å². The quantitative estimate of drug-likeness (QED) is 0.450. The fourth-order valence-corrected chi connectivity index (χ4v) is 4.29. The van der Waals surface area contributed by atoms with Gasteiger partial charge in [0.2, 0.25) is 0 Å². The molecule has 0 aliphatic heterocycles. The Morgan fingerprint density at radius 3 is 2.83 bits per heavy atom. The zero-order valence-electron chi connectivity index (χ0n) is 12.8. The summed E-state index contributed by atoms with van der Waals surface area (Å²) in [6.45, 7) is -0.119. The fourth-order valence-electron chi connectivity index (χ4n) is 3.93. The Balaban J connectivity index is 1.84. The van der Waals surface area contributed by atoms with Crippen molar-refractivity contribution in [2.24, 2.45) is 11.3 Å². The number of thioether (sulfide) groups is 1. The van der Waals surface area contributed by atoms with E-state index in [9.17, 15) is 15.3 Å². The van der Waals surface area contributed by atoms with Gasteiger partial charge in [0.15, 0.2) is 22.1 Å². The van der Waals surface area contributed by atoms with Gasteiger partial charge in [0.25, 0.3) is 0 Å². The number of imidazole rings is 1. The van der Waals surface area contributed by atoms with Crippen molar-refractivity contribution in [2.75, 3.05) is 25.2 Å². The van der Waals surface area contributed by atoms with Gasteiger partial charge in [-0.2, -0.15) is 0 Å². The van der Waals surface area contributed by atoms with E-state index in [1.165, 1.54) is 11.8 Å². The summed E-state index contributed by atoms with van der Waals surface area (Å²) in [7, 11) is 1.77. The van der Waals surface area contributed by atoms with Crippen LogP contribution in [0.4, 0.5) is 5.82 Å². The lowest BCUT2D eigenvalue weighted by atomic mass is 10.0. The highest BCUT2D eigenvalue weighted by atomic mass is 32.2. The van der Waals surface area contributed by atoms with Crippen LogP contribution in [0.5, 0.6) is 0 Å². The number of aliphatic hydroxyl groups is 3. The van der Waals surface area contributed by atoms with Crippen LogP contribution in [0.15, 0.2) is 11.5 Å². The first kappa shape index (κ1) is 15.1. The Morgan fingerprint density at radius 1 is 1.43 bits per heavy atom. The zero-order chi connectivity index (χ0) is 16.4. The molecule has 0 radical (unpaired) electrons. The molecule has 5 atom stereocenters. The van der Waals surface area contributed by atoms with Gasteiger partial charge >= 0.3 is 0 Å². The maximum Gasteiger partial charge on any atom is 0.191 e. The van der Waals surface area contributed by atoms with Crippen molar-refractivity contribution in [2.45, 2.75) is 29.8 Å². The average molecular weight is 337 g/mol. The van der Waals surface area contributed by atoms with E-state index in [-0.39, 0.29) is 18.6 Å². The van der Waals surface area contributed by atoms with E-state index in [1.807, 2.05) is 10.8 Å². The third kappa shape index (κ3) is 1.87. The van der Waals surface area contributed by atoms with E-state index < -0.39 is 17.6 Å². The first-order chi connectivity index (χ1) is 11.1. The number of nitrogens with zero attached hydrogens (tertiary/aromatic N) is 4. The largest absolute Gasteiger partial charge is 0.396 e. The normalized spacial score (nSPS) is 35.5. The summed E-state index contributed by atoms with van der Waals surface area (Å²) in [6, 6.07) is -0.337. The highest BCUT2D eigenvalue weighted by molar-refractivity contribution is 7.98. The van der Waals surface area contributed by atoms with E-state index in [2.05, 4.69) is 20.3 Å². The molecule has 0 aromatic carbocycles. The third-order valence-electron chi connectivity index (χ3n) is 5.29. The maximum absolute atomic E-state index is 10.5. The minimum atomic E-state index is -0.941. The molecule has 0 bridgehead atoms. The minimum Gasteiger partial charge on any atom is -0.396 e. The van der Waals surface area contributed by atoms with Gasteiger partial charge in [-0.15, -0.1) is 0 Å². The molecule has 4 rings (SSSR count). The molecule has 0 spiro atoms. The lowest BCUT2D eigenvalue weighted by Crippen LogP contribution is -2.35. The number of fused-ring (bicyclic) bond motifs is 2. The van der Waals surface area contributed by atoms with Gasteiger partial charge in [-0.05, 0) is 18.6 Å². The van der Waals surface area contributed by atoms with Crippen molar-refractivity contribution < 1.29 is 15.3 Å². The molecule has 4 N–H and O–H groups in total. The van der Waals surface area contributed by atoms with Crippen molar-refractivity contribution in [3.05, 3.63) is 6.33 Å². The Hall–Kier alpha value is -1.42. The first-order valence-corrected chi connectivity index (χ1v) is 8.73. The second-order valence-electron chi connectivity index (χ2n) is 6.26. The summed E-state index contributed by atoms with van der Waals surface area (Å²) in [5, 5.41) is 34.0. The standard InChI is InChI=1S/C14H19N5O3S/c1-15-11-7-12(18-13(17-11)23-2)19(5-16-7)8-6-3-14(6,4-20)10(22)9(8)21/h5-6,8-10,20-22H,3-4H2,1-2H3,(H,15,17,18). The summed E-state index contributed by atoms with van der Waals surface area (Å²) < 4.78 is 1.82. The van der Waals surface area contributed by atoms with Gasteiger partial charge < -0.3 is 25.2 Å². The van der Waals surface area contributed by atoms with Crippen LogP contribution in [0, 0.1) is 11.3 Å². The van der Waals surface area contributed by atoms with Gasteiger partial charge in [-0.1, -0.05) is 11.8 Å². The van der Waals surface area contributed by atoms with E-state index in [0.29, 0.717) is 28.6 Å². The van der Waals surface area contributed by atoms with E-state index >= 15 is 0 Å². The molecule has 0 amide bonds.